The molecule has 140 valence electrons. The molecule has 0 aliphatic rings. The van der Waals surface area contributed by atoms with Crippen molar-refractivity contribution in [1.82, 2.24) is 10.3 Å². The molecule has 10 heteroatoms. The Kier molecular flexibility index (Phi) is 5.15. The molecule has 2 aromatic rings. The molecule has 0 atom stereocenters. The van der Waals surface area contributed by atoms with E-state index in [2.05, 4.69) is 4.98 Å². The van der Waals surface area contributed by atoms with Crippen molar-refractivity contribution in [3.05, 3.63) is 59.8 Å². The van der Waals surface area contributed by atoms with Gasteiger partial charge in [0.15, 0.2) is 0 Å². The average molecular weight is 377 g/mol. The van der Waals surface area contributed by atoms with E-state index in [0.717, 1.165) is 29.7 Å². The summed E-state index contributed by atoms with van der Waals surface area (Å²) in [6, 6.07) is 8.52. The number of benzene rings is 1. The summed E-state index contributed by atoms with van der Waals surface area (Å²) in [4.78, 5) is 15.5. The Bertz CT molecular complexity index is 742. The lowest BCUT2D eigenvalue weighted by Gasteiger charge is -2.38. The molecule has 0 fully saturated rings. The molecule has 4 nitrogen and oxygen atoms in total. The third-order valence-electron chi connectivity index (χ3n) is 3.41. The number of alkyl halides is 6. The summed E-state index contributed by atoms with van der Waals surface area (Å²) in [5.74, 6) is -2.24. The maximum Gasteiger partial charge on any atom is 0.439 e. The van der Waals surface area contributed by atoms with Crippen molar-refractivity contribution in [3.63, 3.8) is 0 Å². The van der Waals surface area contributed by atoms with Gasteiger partial charge in [0.05, 0.1) is 0 Å². The van der Waals surface area contributed by atoms with Crippen LogP contribution in [0.15, 0.2) is 48.7 Å². The van der Waals surface area contributed by atoms with Crippen molar-refractivity contribution in [2.75, 3.05) is 5.32 Å². The minimum absolute atomic E-state index is 0.357. The van der Waals surface area contributed by atoms with E-state index in [1.165, 1.54) is 29.6 Å². The standard InChI is InChI=1S/C16H13F6N3O/c1-10-7-8-12(23-9-10)24-14(15(17,18)19,16(20,21)22)25-13(26)11-5-3-2-4-6-11/h2-9H,1H3,(H,23,24)(H,25,26). The van der Waals surface area contributed by atoms with Crippen molar-refractivity contribution in [3.8, 4) is 0 Å². The maximum absolute atomic E-state index is 13.5. The van der Waals surface area contributed by atoms with Gasteiger partial charge in [-0.2, -0.15) is 26.3 Å². The van der Waals surface area contributed by atoms with E-state index in [1.807, 2.05) is 0 Å². The highest BCUT2D eigenvalue weighted by Crippen LogP contribution is 2.43. The minimum atomic E-state index is -5.90. The number of nitrogens with one attached hydrogen (secondary N) is 2. The van der Waals surface area contributed by atoms with Gasteiger partial charge >= 0.3 is 18.0 Å². The molecule has 1 amide bonds. The van der Waals surface area contributed by atoms with Gasteiger partial charge < -0.3 is 10.6 Å². The van der Waals surface area contributed by atoms with Crippen molar-refractivity contribution < 1.29 is 31.1 Å². The summed E-state index contributed by atoms with van der Waals surface area (Å²) < 4.78 is 80.9. The van der Waals surface area contributed by atoms with Crippen molar-refractivity contribution in [2.45, 2.75) is 24.9 Å². The van der Waals surface area contributed by atoms with Crippen molar-refractivity contribution in [1.29, 1.82) is 0 Å². The quantitative estimate of drug-likeness (QED) is 0.624. The van der Waals surface area contributed by atoms with Crippen LogP contribution >= 0.6 is 0 Å². The SMILES string of the molecule is Cc1ccc(NC(NC(=O)c2ccccc2)(C(F)(F)F)C(F)(F)F)nc1. The predicted octanol–water partition coefficient (Wildman–Crippen LogP) is 4.05. The van der Waals surface area contributed by atoms with Crippen LogP contribution in [-0.4, -0.2) is 28.9 Å². The summed E-state index contributed by atoms with van der Waals surface area (Å²) in [5.41, 5.74) is -4.53. The smallest absolute Gasteiger partial charge is 0.332 e. The molecule has 1 aromatic carbocycles. The van der Waals surface area contributed by atoms with Crippen LogP contribution in [0.2, 0.25) is 0 Å². The Balaban J connectivity index is 2.49. The van der Waals surface area contributed by atoms with Crippen LogP contribution in [0.25, 0.3) is 0 Å². The zero-order valence-electron chi connectivity index (χ0n) is 13.2. The zero-order valence-corrected chi connectivity index (χ0v) is 13.2. The van der Waals surface area contributed by atoms with Crippen LogP contribution in [0.5, 0.6) is 0 Å². The van der Waals surface area contributed by atoms with E-state index in [4.69, 9.17) is 0 Å². The zero-order chi connectivity index (χ0) is 19.6. The van der Waals surface area contributed by atoms with Crippen LogP contribution in [-0.2, 0) is 0 Å². The third-order valence-corrected chi connectivity index (χ3v) is 3.41. The fraction of sp³-hybridized carbons (Fsp3) is 0.250. The summed E-state index contributed by atoms with van der Waals surface area (Å²) in [5, 5.41) is 2.36. The predicted molar refractivity (Wildman–Crippen MR) is 81.3 cm³/mol. The first kappa shape index (κ1) is 19.5. The number of anilines is 1. The van der Waals surface area contributed by atoms with E-state index >= 15 is 0 Å². The number of halogens is 6. The molecule has 2 N–H and O–H groups in total. The van der Waals surface area contributed by atoms with Crippen LogP contribution in [0.1, 0.15) is 15.9 Å². The van der Waals surface area contributed by atoms with Gasteiger partial charge in [0.25, 0.3) is 5.91 Å². The van der Waals surface area contributed by atoms with E-state index in [1.54, 1.807) is 6.92 Å². The Morgan fingerprint density at radius 2 is 1.50 bits per heavy atom. The Morgan fingerprint density at radius 1 is 0.923 bits per heavy atom. The van der Waals surface area contributed by atoms with Gasteiger partial charge in [-0.25, -0.2) is 4.98 Å². The molecule has 0 aliphatic carbocycles. The molecule has 0 saturated carbocycles. The average Bonchev–Trinajstić information content (AvgIpc) is 2.54. The summed E-state index contributed by atoms with van der Waals surface area (Å²) in [7, 11) is 0. The number of rotatable bonds is 4. The topological polar surface area (TPSA) is 54.0 Å². The first-order chi connectivity index (χ1) is 12.0. The molecule has 0 spiro atoms. The van der Waals surface area contributed by atoms with Crippen LogP contribution in [0, 0.1) is 6.92 Å². The fourth-order valence-electron chi connectivity index (χ4n) is 2.04. The summed E-state index contributed by atoms with van der Waals surface area (Å²) >= 11 is 0. The lowest BCUT2D eigenvalue weighted by Crippen LogP contribution is -2.72. The highest BCUT2D eigenvalue weighted by Gasteiger charge is 2.72. The van der Waals surface area contributed by atoms with Gasteiger partial charge in [-0.15, -0.1) is 0 Å². The molecule has 2 rings (SSSR count). The van der Waals surface area contributed by atoms with Gasteiger partial charge in [-0.1, -0.05) is 24.3 Å². The van der Waals surface area contributed by atoms with Gasteiger partial charge in [0.1, 0.15) is 5.82 Å². The molecule has 1 heterocycles. The number of amides is 1. The maximum atomic E-state index is 13.5. The molecule has 0 radical (unpaired) electrons. The second kappa shape index (κ2) is 6.85. The lowest BCUT2D eigenvalue weighted by atomic mass is 10.1. The van der Waals surface area contributed by atoms with E-state index in [0.29, 0.717) is 5.56 Å². The third kappa shape index (κ3) is 3.89. The molecule has 26 heavy (non-hydrogen) atoms. The normalized spacial score (nSPS) is 12.6. The Labute approximate surface area is 144 Å². The molecule has 1 aromatic heterocycles. The summed E-state index contributed by atoms with van der Waals surface area (Å²) in [6.45, 7) is 1.56. The van der Waals surface area contributed by atoms with E-state index in [-0.39, 0.29) is 5.56 Å². The molecule has 0 bridgehead atoms. The monoisotopic (exact) mass is 377 g/mol. The number of nitrogens with zero attached hydrogens (tertiary/aromatic N) is 1. The fourth-order valence-corrected chi connectivity index (χ4v) is 2.04. The number of aromatic nitrogens is 1. The molecular weight excluding hydrogens is 364 g/mol. The largest absolute Gasteiger partial charge is 0.439 e. The number of pyridine rings is 1. The van der Waals surface area contributed by atoms with Crippen LogP contribution in [0.3, 0.4) is 0 Å². The lowest BCUT2D eigenvalue weighted by molar-refractivity contribution is -0.294. The number of hydrogen-bond acceptors (Lipinski definition) is 3. The highest BCUT2D eigenvalue weighted by molar-refractivity contribution is 5.95. The molecule has 0 saturated heterocycles. The van der Waals surface area contributed by atoms with Crippen LogP contribution < -0.4 is 10.6 Å². The first-order valence-corrected chi connectivity index (χ1v) is 7.18. The first-order valence-electron chi connectivity index (χ1n) is 7.18. The van der Waals surface area contributed by atoms with Gasteiger partial charge in [-0.3, -0.25) is 4.79 Å². The second-order valence-electron chi connectivity index (χ2n) is 5.41. The van der Waals surface area contributed by atoms with Gasteiger partial charge in [-0.05, 0) is 30.7 Å². The highest BCUT2D eigenvalue weighted by atomic mass is 19.4. The number of hydrogen-bond donors (Lipinski definition) is 2. The summed E-state index contributed by atoms with van der Waals surface area (Å²) in [6.07, 6.45) is -10.7. The molecule has 0 unspecified atom stereocenters. The molecular formula is C16H13F6N3O. The van der Waals surface area contributed by atoms with Crippen molar-refractivity contribution in [2.24, 2.45) is 0 Å². The van der Waals surface area contributed by atoms with Crippen molar-refractivity contribution >= 4 is 11.7 Å². The Hall–Kier alpha value is -2.78. The van der Waals surface area contributed by atoms with Gasteiger partial charge in [0.2, 0.25) is 0 Å². The molecule has 0 aliphatic heterocycles. The minimum Gasteiger partial charge on any atom is -0.332 e. The number of carbonyl (C=O) groups is 1. The second-order valence-corrected chi connectivity index (χ2v) is 5.41. The van der Waals surface area contributed by atoms with E-state index in [9.17, 15) is 31.1 Å². The van der Waals surface area contributed by atoms with E-state index < -0.39 is 29.7 Å². The Morgan fingerprint density at radius 3 is 1.96 bits per heavy atom. The number of aryl methyl sites for hydroxylation is 1. The number of carbonyl (C=O) groups excluding carboxylic acids is 1. The van der Waals surface area contributed by atoms with Gasteiger partial charge in [0, 0.05) is 11.8 Å². The van der Waals surface area contributed by atoms with Crippen LogP contribution in [0.4, 0.5) is 32.2 Å².